The third-order valence-electron chi connectivity index (χ3n) is 5.26. The number of hydrogen-bond acceptors (Lipinski definition) is 6. The van der Waals surface area contributed by atoms with Crippen molar-refractivity contribution >= 4 is 6.02 Å². The zero-order valence-electron chi connectivity index (χ0n) is 18.2. The lowest BCUT2D eigenvalue weighted by Gasteiger charge is -2.28. The average molecular weight is 428 g/mol. The number of benzene rings is 1. The van der Waals surface area contributed by atoms with Crippen molar-refractivity contribution in [3.63, 3.8) is 0 Å². The fourth-order valence-electron chi connectivity index (χ4n) is 3.40. The SMILES string of the molecule is COC(C)(C)C#Cc1cnc2c(c1)[C@H](COC(=N)N)c1cc(-c3cccnc3)ccc1O2. The summed E-state index contributed by atoms with van der Waals surface area (Å²) in [4.78, 5) is 8.70. The van der Waals surface area contributed by atoms with Crippen molar-refractivity contribution in [1.29, 1.82) is 5.41 Å². The van der Waals surface area contributed by atoms with Crippen molar-refractivity contribution in [3.05, 3.63) is 71.7 Å². The van der Waals surface area contributed by atoms with E-state index in [0.717, 1.165) is 27.8 Å². The molecule has 0 bridgehead atoms. The number of pyridine rings is 2. The van der Waals surface area contributed by atoms with Crippen LogP contribution in [0.5, 0.6) is 11.6 Å². The third kappa shape index (κ3) is 4.56. The van der Waals surface area contributed by atoms with Gasteiger partial charge in [-0.3, -0.25) is 10.4 Å². The maximum atomic E-state index is 7.52. The smallest absolute Gasteiger partial charge is 0.279 e. The third-order valence-corrected chi connectivity index (χ3v) is 5.26. The quantitative estimate of drug-likeness (QED) is 0.369. The lowest BCUT2D eigenvalue weighted by atomic mass is 9.87. The predicted octanol–water partition coefficient (Wildman–Crippen LogP) is 4.07. The zero-order valence-corrected chi connectivity index (χ0v) is 18.2. The van der Waals surface area contributed by atoms with Gasteiger partial charge in [0.05, 0.1) is 5.92 Å². The summed E-state index contributed by atoms with van der Waals surface area (Å²) in [6.07, 6.45) is 5.23. The highest BCUT2D eigenvalue weighted by Crippen LogP contribution is 2.44. The number of hydrogen-bond donors (Lipinski definition) is 2. The van der Waals surface area contributed by atoms with Gasteiger partial charge in [-0.25, -0.2) is 4.98 Å². The second kappa shape index (κ2) is 8.69. The van der Waals surface area contributed by atoms with E-state index in [9.17, 15) is 0 Å². The Morgan fingerprint density at radius 1 is 1.19 bits per heavy atom. The van der Waals surface area contributed by atoms with Crippen LogP contribution in [0.1, 0.15) is 36.5 Å². The van der Waals surface area contributed by atoms with E-state index in [1.807, 2.05) is 50.4 Å². The molecule has 1 aromatic carbocycles. The van der Waals surface area contributed by atoms with E-state index >= 15 is 0 Å². The van der Waals surface area contributed by atoms with Gasteiger partial charge in [-0.1, -0.05) is 24.0 Å². The van der Waals surface area contributed by atoms with Crippen LogP contribution in [0, 0.1) is 17.3 Å². The van der Waals surface area contributed by atoms with Crippen LogP contribution in [0.4, 0.5) is 0 Å². The van der Waals surface area contributed by atoms with Gasteiger partial charge < -0.3 is 19.9 Å². The summed E-state index contributed by atoms with van der Waals surface area (Å²) in [6.45, 7) is 3.97. The molecule has 0 saturated heterocycles. The summed E-state index contributed by atoms with van der Waals surface area (Å²) in [6, 6.07) is 11.4. The first-order valence-corrected chi connectivity index (χ1v) is 10.1. The monoisotopic (exact) mass is 428 g/mol. The van der Waals surface area contributed by atoms with E-state index in [0.29, 0.717) is 11.6 Å². The van der Waals surface area contributed by atoms with Crippen molar-refractivity contribution < 1.29 is 14.2 Å². The molecule has 3 heterocycles. The van der Waals surface area contributed by atoms with Crippen LogP contribution in [-0.4, -0.2) is 35.3 Å². The summed E-state index contributed by atoms with van der Waals surface area (Å²) in [7, 11) is 1.62. The van der Waals surface area contributed by atoms with Gasteiger partial charge in [0.15, 0.2) is 0 Å². The minimum Gasteiger partial charge on any atom is -0.465 e. The molecule has 0 saturated carbocycles. The number of nitrogens with zero attached hydrogens (tertiary/aromatic N) is 2. The Bertz CT molecular complexity index is 1210. The number of aromatic nitrogens is 2. The van der Waals surface area contributed by atoms with Gasteiger partial charge in [-0.2, -0.15) is 0 Å². The van der Waals surface area contributed by atoms with E-state index in [1.54, 1.807) is 19.5 Å². The summed E-state index contributed by atoms with van der Waals surface area (Å²) in [5.41, 5.74) is 9.38. The molecule has 0 aliphatic carbocycles. The van der Waals surface area contributed by atoms with Crippen molar-refractivity contribution in [2.75, 3.05) is 13.7 Å². The van der Waals surface area contributed by atoms with Gasteiger partial charge >= 0.3 is 0 Å². The zero-order chi connectivity index (χ0) is 22.7. The molecule has 4 rings (SSSR count). The molecule has 32 heavy (non-hydrogen) atoms. The second-order valence-corrected chi connectivity index (χ2v) is 7.91. The summed E-state index contributed by atoms with van der Waals surface area (Å²) < 4.78 is 16.9. The van der Waals surface area contributed by atoms with Crippen LogP contribution in [0.15, 0.2) is 55.0 Å². The molecule has 0 radical (unpaired) electrons. The summed E-state index contributed by atoms with van der Waals surface area (Å²) >= 11 is 0. The van der Waals surface area contributed by atoms with Crippen LogP contribution >= 0.6 is 0 Å². The number of ether oxygens (including phenoxy) is 3. The van der Waals surface area contributed by atoms with Gasteiger partial charge in [0.2, 0.25) is 5.88 Å². The van der Waals surface area contributed by atoms with Crippen LogP contribution in [0.25, 0.3) is 11.1 Å². The van der Waals surface area contributed by atoms with Crippen LogP contribution in [0.3, 0.4) is 0 Å². The van der Waals surface area contributed by atoms with Gasteiger partial charge in [0.25, 0.3) is 6.02 Å². The van der Waals surface area contributed by atoms with Gasteiger partial charge in [0, 0.05) is 48.0 Å². The van der Waals surface area contributed by atoms with Crippen LogP contribution in [0.2, 0.25) is 0 Å². The molecule has 7 heteroatoms. The molecule has 3 N–H and O–H groups in total. The Morgan fingerprint density at radius 2 is 2.03 bits per heavy atom. The molecule has 2 aromatic heterocycles. The van der Waals surface area contributed by atoms with Crippen molar-refractivity contribution in [1.82, 2.24) is 9.97 Å². The van der Waals surface area contributed by atoms with Crippen LogP contribution < -0.4 is 10.5 Å². The molecule has 162 valence electrons. The minimum atomic E-state index is -0.575. The highest BCUT2D eigenvalue weighted by molar-refractivity contribution is 5.69. The number of methoxy groups -OCH3 is 1. The summed E-state index contributed by atoms with van der Waals surface area (Å²) in [5.74, 6) is 7.16. The molecule has 1 aliphatic rings. The Kier molecular flexibility index (Phi) is 5.80. The lowest BCUT2D eigenvalue weighted by molar-refractivity contribution is 0.0741. The number of amidine groups is 1. The average Bonchev–Trinajstić information content (AvgIpc) is 2.80. The van der Waals surface area contributed by atoms with E-state index in [1.165, 1.54) is 0 Å². The number of rotatable bonds is 4. The maximum absolute atomic E-state index is 7.52. The van der Waals surface area contributed by atoms with Gasteiger partial charge in [-0.15, -0.1) is 0 Å². The molecule has 0 spiro atoms. The lowest BCUT2D eigenvalue weighted by Crippen LogP contribution is -2.22. The maximum Gasteiger partial charge on any atom is 0.279 e. The normalized spacial score (nSPS) is 14.3. The second-order valence-electron chi connectivity index (χ2n) is 7.91. The number of fused-ring (bicyclic) bond motifs is 2. The first-order valence-electron chi connectivity index (χ1n) is 10.1. The highest BCUT2D eigenvalue weighted by Gasteiger charge is 2.30. The molecule has 0 amide bonds. The molecule has 7 nitrogen and oxygen atoms in total. The largest absolute Gasteiger partial charge is 0.465 e. The Labute approximate surface area is 187 Å². The van der Waals surface area contributed by atoms with Crippen molar-refractivity contribution in [2.45, 2.75) is 25.4 Å². The van der Waals surface area contributed by atoms with E-state index in [2.05, 4.69) is 27.9 Å². The predicted molar refractivity (Wildman–Crippen MR) is 122 cm³/mol. The first kappa shape index (κ1) is 21.3. The Morgan fingerprint density at radius 3 is 2.75 bits per heavy atom. The fraction of sp³-hybridized carbons (Fsp3) is 0.240. The summed E-state index contributed by atoms with van der Waals surface area (Å²) in [5, 5.41) is 7.52. The molecule has 1 atom stereocenters. The van der Waals surface area contributed by atoms with Crippen molar-refractivity contribution in [2.24, 2.45) is 5.73 Å². The number of nitrogens with one attached hydrogen (secondary N) is 1. The van der Waals surface area contributed by atoms with Gasteiger partial charge in [-0.05, 0) is 43.7 Å². The fourth-order valence-corrected chi connectivity index (χ4v) is 3.40. The first-order chi connectivity index (χ1) is 15.4. The van der Waals surface area contributed by atoms with E-state index < -0.39 is 5.60 Å². The van der Waals surface area contributed by atoms with E-state index in [4.69, 9.17) is 25.4 Å². The van der Waals surface area contributed by atoms with E-state index in [-0.39, 0.29) is 18.5 Å². The molecular weight excluding hydrogens is 404 g/mol. The Balaban J connectivity index is 1.77. The van der Waals surface area contributed by atoms with Gasteiger partial charge in [0.1, 0.15) is 18.0 Å². The minimum absolute atomic E-state index is 0.178. The highest BCUT2D eigenvalue weighted by atomic mass is 16.5. The molecule has 3 aromatic rings. The van der Waals surface area contributed by atoms with Crippen LogP contribution in [-0.2, 0) is 9.47 Å². The van der Waals surface area contributed by atoms with Crippen molar-refractivity contribution in [3.8, 4) is 34.6 Å². The molecule has 0 unspecified atom stereocenters. The standard InChI is InChI=1S/C25H24N4O3/c1-25(2,30-3)9-8-16-11-20-21(15-31-24(26)27)19-12-17(18-5-4-10-28-14-18)6-7-22(19)32-23(20)29-13-16/h4-7,10-14,21H,15H2,1-3H3,(H3,26,27)/t21-/m1/s1. The molecule has 1 aliphatic heterocycles. The topological polar surface area (TPSA) is 103 Å². The Hall–Kier alpha value is -3.89. The number of nitrogens with two attached hydrogens (primary N) is 1. The molecule has 0 fully saturated rings. The molecular formula is C25H24N4O3.